The zero-order valence-corrected chi connectivity index (χ0v) is 14.4. The van der Waals surface area contributed by atoms with Crippen molar-refractivity contribution in [3.63, 3.8) is 0 Å². The van der Waals surface area contributed by atoms with Crippen LogP contribution in [0.5, 0.6) is 5.88 Å². The van der Waals surface area contributed by atoms with Gasteiger partial charge in [-0.2, -0.15) is 0 Å². The molecular weight excluding hydrogens is 300 g/mol. The minimum atomic E-state index is 0.210. The predicted molar refractivity (Wildman–Crippen MR) is 96.8 cm³/mol. The summed E-state index contributed by atoms with van der Waals surface area (Å²) in [6.45, 7) is 3.47. The zero-order chi connectivity index (χ0) is 16.4. The summed E-state index contributed by atoms with van der Waals surface area (Å²) >= 11 is 0. The highest BCUT2D eigenvalue weighted by molar-refractivity contribution is 5.97. The summed E-state index contributed by atoms with van der Waals surface area (Å²) in [6, 6.07) is 9.12. The molecule has 2 fully saturated rings. The molecule has 1 unspecified atom stereocenters. The summed E-state index contributed by atoms with van der Waals surface area (Å²) in [5, 5.41) is 6.02. The van der Waals surface area contributed by atoms with E-state index >= 15 is 0 Å². The van der Waals surface area contributed by atoms with Gasteiger partial charge in [0.05, 0.1) is 6.10 Å². The first-order valence-electron chi connectivity index (χ1n) is 9.21. The summed E-state index contributed by atoms with van der Waals surface area (Å²) in [7, 11) is 0. The van der Waals surface area contributed by atoms with Gasteiger partial charge in [0.2, 0.25) is 5.88 Å². The van der Waals surface area contributed by atoms with Crippen molar-refractivity contribution >= 4 is 16.5 Å². The van der Waals surface area contributed by atoms with Crippen LogP contribution in [0, 0.1) is 6.92 Å². The Morgan fingerprint density at radius 3 is 2.83 bits per heavy atom. The van der Waals surface area contributed by atoms with E-state index < -0.39 is 0 Å². The second-order valence-corrected chi connectivity index (χ2v) is 7.04. The van der Waals surface area contributed by atoms with E-state index in [9.17, 15) is 0 Å². The number of aromatic nitrogens is 1. The van der Waals surface area contributed by atoms with E-state index in [0.717, 1.165) is 36.4 Å². The Hall–Kier alpha value is -1.81. The number of aryl methyl sites for hydroxylation is 1. The number of pyridine rings is 1. The molecule has 0 radical (unpaired) electrons. The van der Waals surface area contributed by atoms with E-state index in [4.69, 9.17) is 9.47 Å². The lowest BCUT2D eigenvalue weighted by atomic mass is 10.1. The average Bonchev–Trinajstić information content (AvgIpc) is 3.27. The lowest BCUT2D eigenvalue weighted by Gasteiger charge is -2.18. The highest BCUT2D eigenvalue weighted by Crippen LogP contribution is 2.32. The summed E-state index contributed by atoms with van der Waals surface area (Å²) in [4.78, 5) is 4.63. The maximum Gasteiger partial charge on any atom is 0.221 e. The molecule has 1 aliphatic heterocycles. The molecule has 2 aliphatic rings. The third kappa shape index (κ3) is 3.34. The number of nitrogens with one attached hydrogen (secondary N) is 1. The SMILES string of the molecule is Cc1cc2c(NC3CCCC3)cccc2c(OCC2CCCO2)n1. The van der Waals surface area contributed by atoms with E-state index in [-0.39, 0.29) is 6.10 Å². The van der Waals surface area contributed by atoms with Gasteiger partial charge in [0.15, 0.2) is 0 Å². The van der Waals surface area contributed by atoms with Gasteiger partial charge < -0.3 is 14.8 Å². The van der Waals surface area contributed by atoms with Gasteiger partial charge in [-0.15, -0.1) is 0 Å². The third-order valence-electron chi connectivity index (χ3n) is 5.11. The number of nitrogens with zero attached hydrogens (tertiary/aromatic N) is 1. The lowest BCUT2D eigenvalue weighted by Crippen LogP contribution is -2.17. The molecule has 1 atom stereocenters. The predicted octanol–water partition coefficient (Wildman–Crippen LogP) is 4.46. The van der Waals surface area contributed by atoms with Gasteiger partial charge >= 0.3 is 0 Å². The smallest absolute Gasteiger partial charge is 0.221 e. The molecule has 2 aromatic rings. The Morgan fingerprint density at radius 1 is 1.17 bits per heavy atom. The summed E-state index contributed by atoms with van der Waals surface area (Å²) in [5.41, 5.74) is 2.19. The standard InChI is InChI=1S/C20H26N2O2/c1-14-12-18-17(20(21-14)24-13-16-8-5-11-23-16)9-4-10-19(18)22-15-6-2-3-7-15/h4,9-10,12,15-16,22H,2-3,5-8,11,13H2,1H3. The molecule has 24 heavy (non-hydrogen) atoms. The van der Waals surface area contributed by atoms with E-state index in [1.165, 1.54) is 36.8 Å². The van der Waals surface area contributed by atoms with Crippen molar-refractivity contribution in [1.29, 1.82) is 0 Å². The molecule has 2 heterocycles. The van der Waals surface area contributed by atoms with Crippen LogP contribution in [0.4, 0.5) is 5.69 Å². The van der Waals surface area contributed by atoms with Crippen LogP contribution >= 0.6 is 0 Å². The van der Waals surface area contributed by atoms with E-state index in [2.05, 4.69) is 34.6 Å². The second kappa shape index (κ2) is 6.98. The number of anilines is 1. The highest BCUT2D eigenvalue weighted by Gasteiger charge is 2.19. The Kier molecular flexibility index (Phi) is 4.56. The number of fused-ring (bicyclic) bond motifs is 1. The molecule has 1 aromatic heterocycles. The Morgan fingerprint density at radius 2 is 2.04 bits per heavy atom. The topological polar surface area (TPSA) is 43.4 Å². The Balaban J connectivity index is 1.61. The van der Waals surface area contributed by atoms with Crippen LogP contribution in [0.15, 0.2) is 24.3 Å². The number of hydrogen-bond donors (Lipinski definition) is 1. The van der Waals surface area contributed by atoms with Crippen molar-refractivity contribution in [2.75, 3.05) is 18.5 Å². The third-order valence-corrected chi connectivity index (χ3v) is 5.11. The number of hydrogen-bond acceptors (Lipinski definition) is 4. The van der Waals surface area contributed by atoms with Crippen LogP contribution in [0.1, 0.15) is 44.2 Å². The van der Waals surface area contributed by atoms with Crippen LogP contribution in [-0.2, 0) is 4.74 Å². The van der Waals surface area contributed by atoms with Crippen LogP contribution in [0.25, 0.3) is 10.8 Å². The van der Waals surface area contributed by atoms with E-state index in [1.54, 1.807) is 0 Å². The van der Waals surface area contributed by atoms with Crippen molar-refractivity contribution in [1.82, 2.24) is 4.98 Å². The van der Waals surface area contributed by atoms with Crippen LogP contribution < -0.4 is 10.1 Å². The van der Waals surface area contributed by atoms with Crippen molar-refractivity contribution in [3.8, 4) is 5.88 Å². The fraction of sp³-hybridized carbons (Fsp3) is 0.550. The lowest BCUT2D eigenvalue weighted by molar-refractivity contribution is 0.0669. The van der Waals surface area contributed by atoms with Crippen LogP contribution in [-0.4, -0.2) is 30.3 Å². The normalized spacial score (nSPS) is 21.5. The zero-order valence-electron chi connectivity index (χ0n) is 14.4. The molecule has 0 bridgehead atoms. The molecule has 1 saturated heterocycles. The molecule has 1 N–H and O–H groups in total. The minimum Gasteiger partial charge on any atom is -0.474 e. The molecule has 0 amide bonds. The first kappa shape index (κ1) is 15.7. The van der Waals surface area contributed by atoms with Gasteiger partial charge in [-0.25, -0.2) is 4.98 Å². The highest BCUT2D eigenvalue weighted by atomic mass is 16.5. The van der Waals surface area contributed by atoms with Gasteiger partial charge in [-0.3, -0.25) is 0 Å². The number of benzene rings is 1. The summed E-state index contributed by atoms with van der Waals surface area (Å²) < 4.78 is 11.7. The molecule has 128 valence electrons. The summed E-state index contributed by atoms with van der Waals surface area (Å²) in [5.74, 6) is 0.732. The van der Waals surface area contributed by atoms with Gasteiger partial charge in [0.1, 0.15) is 6.61 Å². The van der Waals surface area contributed by atoms with Crippen LogP contribution in [0.3, 0.4) is 0 Å². The Labute approximate surface area is 143 Å². The molecule has 4 rings (SSSR count). The molecule has 1 saturated carbocycles. The maximum absolute atomic E-state index is 6.05. The first-order chi connectivity index (χ1) is 11.8. The molecule has 1 aromatic carbocycles. The van der Waals surface area contributed by atoms with Gasteiger partial charge in [-0.1, -0.05) is 18.9 Å². The van der Waals surface area contributed by atoms with E-state index in [1.807, 2.05) is 6.92 Å². The van der Waals surface area contributed by atoms with Gasteiger partial charge in [-0.05, 0) is 50.8 Å². The number of ether oxygens (including phenoxy) is 2. The fourth-order valence-electron chi connectivity index (χ4n) is 3.84. The molecule has 0 spiro atoms. The largest absolute Gasteiger partial charge is 0.474 e. The second-order valence-electron chi connectivity index (χ2n) is 7.04. The monoisotopic (exact) mass is 326 g/mol. The van der Waals surface area contributed by atoms with Crippen molar-refractivity contribution < 1.29 is 9.47 Å². The van der Waals surface area contributed by atoms with Crippen molar-refractivity contribution in [3.05, 3.63) is 30.0 Å². The molecule has 4 nitrogen and oxygen atoms in total. The molecule has 4 heteroatoms. The van der Waals surface area contributed by atoms with Crippen molar-refractivity contribution in [2.24, 2.45) is 0 Å². The fourth-order valence-corrected chi connectivity index (χ4v) is 3.84. The van der Waals surface area contributed by atoms with E-state index in [0.29, 0.717) is 12.6 Å². The Bertz CT molecular complexity index is 704. The minimum absolute atomic E-state index is 0.210. The maximum atomic E-state index is 6.05. The number of rotatable bonds is 5. The van der Waals surface area contributed by atoms with Crippen molar-refractivity contribution in [2.45, 2.75) is 57.6 Å². The molecule has 1 aliphatic carbocycles. The van der Waals surface area contributed by atoms with Gasteiger partial charge in [0.25, 0.3) is 0 Å². The quantitative estimate of drug-likeness (QED) is 0.881. The summed E-state index contributed by atoms with van der Waals surface area (Å²) in [6.07, 6.45) is 7.62. The molecular formula is C20H26N2O2. The average molecular weight is 326 g/mol. The van der Waals surface area contributed by atoms with Crippen LogP contribution in [0.2, 0.25) is 0 Å². The van der Waals surface area contributed by atoms with Gasteiger partial charge in [0, 0.05) is 34.8 Å². The first-order valence-corrected chi connectivity index (χ1v) is 9.21.